The van der Waals surface area contributed by atoms with E-state index in [2.05, 4.69) is 35.5 Å². The molecule has 6 aromatic heterocycles. The second-order valence-electron chi connectivity index (χ2n) is 8.20. The summed E-state index contributed by atoms with van der Waals surface area (Å²) in [6.07, 6.45) is 6.56. The molecule has 6 rings (SSSR count). The second kappa shape index (κ2) is 7.99. The van der Waals surface area contributed by atoms with Crippen LogP contribution in [0.2, 0.25) is 0 Å². The van der Waals surface area contributed by atoms with Crippen molar-refractivity contribution in [2.75, 3.05) is 5.32 Å². The van der Waals surface area contributed by atoms with Crippen molar-refractivity contribution in [3.63, 3.8) is 0 Å². The van der Waals surface area contributed by atoms with Gasteiger partial charge in [0.05, 0.1) is 22.3 Å². The molecule has 10 heteroatoms. The Morgan fingerprint density at radius 1 is 1.06 bits per heavy atom. The smallest absolute Gasteiger partial charge is 0.159 e. The highest BCUT2D eigenvalue weighted by Crippen LogP contribution is 2.34. The van der Waals surface area contributed by atoms with Crippen LogP contribution in [-0.2, 0) is 0 Å². The number of hydrogen-bond acceptors (Lipinski definition) is 7. The normalized spacial score (nSPS) is 11.6. The molecule has 0 unspecified atom stereocenters. The second-order valence-corrected chi connectivity index (χ2v) is 8.98. The third-order valence-electron chi connectivity index (χ3n) is 5.45. The molecule has 168 valence electrons. The van der Waals surface area contributed by atoms with Crippen molar-refractivity contribution < 1.29 is 4.39 Å². The van der Waals surface area contributed by atoms with E-state index in [0.29, 0.717) is 33.8 Å². The molecule has 0 spiro atoms. The van der Waals surface area contributed by atoms with E-state index in [1.807, 2.05) is 42.8 Å². The molecule has 0 aliphatic carbocycles. The molecule has 6 heterocycles. The van der Waals surface area contributed by atoms with Gasteiger partial charge in [0.1, 0.15) is 17.0 Å². The number of H-pyrrole nitrogens is 2. The number of hydrogen-bond donors (Lipinski definition) is 3. The van der Waals surface area contributed by atoms with Crippen LogP contribution < -0.4 is 5.32 Å². The molecular weight excluding hydrogens is 451 g/mol. The van der Waals surface area contributed by atoms with E-state index in [0.717, 1.165) is 22.5 Å². The van der Waals surface area contributed by atoms with Gasteiger partial charge in [0, 0.05) is 52.9 Å². The topological polar surface area (TPSA) is 108 Å². The minimum absolute atomic E-state index is 0.226. The average Bonchev–Trinajstić information content (AvgIpc) is 3.57. The van der Waals surface area contributed by atoms with Gasteiger partial charge in [-0.25, -0.2) is 14.4 Å². The molecule has 0 bridgehead atoms. The molecular formula is C24H19FN8S. The molecule has 3 N–H and O–H groups in total. The molecule has 0 aromatic carbocycles. The summed E-state index contributed by atoms with van der Waals surface area (Å²) in [5.74, 6) is 0.00539. The van der Waals surface area contributed by atoms with Gasteiger partial charge in [-0.15, -0.1) is 0 Å². The molecule has 0 radical (unpaired) electrons. The van der Waals surface area contributed by atoms with Crippen LogP contribution in [0.15, 0.2) is 53.7 Å². The van der Waals surface area contributed by atoms with Crippen LogP contribution in [0, 0.1) is 5.82 Å². The lowest BCUT2D eigenvalue weighted by Gasteiger charge is -2.11. The number of aromatic nitrogens is 7. The van der Waals surface area contributed by atoms with Gasteiger partial charge in [0.2, 0.25) is 0 Å². The van der Waals surface area contributed by atoms with E-state index in [1.165, 1.54) is 6.20 Å². The Bertz CT molecular complexity index is 1630. The van der Waals surface area contributed by atoms with E-state index >= 15 is 4.39 Å². The minimum atomic E-state index is -0.436. The van der Waals surface area contributed by atoms with Crippen LogP contribution in [0.1, 0.15) is 13.8 Å². The molecule has 0 aliphatic rings. The van der Waals surface area contributed by atoms with Crippen LogP contribution in [0.25, 0.3) is 56.0 Å². The Labute approximate surface area is 197 Å². The molecule has 0 atom stereocenters. The fraction of sp³-hybridized carbons (Fsp3) is 0.125. The van der Waals surface area contributed by atoms with Gasteiger partial charge >= 0.3 is 0 Å². The maximum absolute atomic E-state index is 15.9. The molecule has 34 heavy (non-hydrogen) atoms. The molecule has 0 saturated heterocycles. The first-order valence-corrected chi connectivity index (χ1v) is 11.6. The SMILES string of the molecule is CC(C)Nc1cncc(-c2cnc3[nH]nc(-c4nc5c(-c6ccsc6)nccc5[nH]4)c3c2F)c1. The number of aromatic amines is 2. The monoisotopic (exact) mass is 470 g/mol. The van der Waals surface area contributed by atoms with Gasteiger partial charge in [0.25, 0.3) is 0 Å². The maximum atomic E-state index is 15.9. The van der Waals surface area contributed by atoms with E-state index in [9.17, 15) is 0 Å². The highest BCUT2D eigenvalue weighted by atomic mass is 32.1. The summed E-state index contributed by atoms with van der Waals surface area (Å²) in [6.45, 7) is 4.07. The Morgan fingerprint density at radius 3 is 2.79 bits per heavy atom. The number of halogens is 1. The predicted molar refractivity (Wildman–Crippen MR) is 132 cm³/mol. The van der Waals surface area contributed by atoms with Crippen molar-refractivity contribution in [3.05, 3.63) is 59.6 Å². The van der Waals surface area contributed by atoms with Gasteiger partial charge in [-0.2, -0.15) is 16.4 Å². The molecule has 6 aromatic rings. The molecule has 0 amide bonds. The van der Waals surface area contributed by atoms with Crippen LogP contribution in [0.5, 0.6) is 0 Å². The minimum Gasteiger partial charge on any atom is -0.382 e. The van der Waals surface area contributed by atoms with Gasteiger partial charge in [-0.1, -0.05) is 0 Å². The van der Waals surface area contributed by atoms with Crippen LogP contribution in [0.3, 0.4) is 0 Å². The zero-order chi connectivity index (χ0) is 23.2. The van der Waals surface area contributed by atoms with Crippen molar-refractivity contribution in [1.29, 1.82) is 0 Å². The fourth-order valence-corrected chi connectivity index (χ4v) is 4.63. The lowest BCUT2D eigenvalue weighted by Crippen LogP contribution is -2.09. The maximum Gasteiger partial charge on any atom is 0.159 e. The number of pyridine rings is 3. The number of nitrogens with one attached hydrogen (secondary N) is 3. The summed E-state index contributed by atoms with van der Waals surface area (Å²) in [7, 11) is 0. The standard InChI is InChI=1S/C24H19FN8S/c1-12(2)29-15-7-14(8-26-9-15)16-10-28-23-18(19(16)25)22(32-33-23)24-30-17-3-5-27-20(21(17)31-24)13-4-6-34-11-13/h3-12,29H,1-2H3,(H,30,31)(H,28,32,33). The average molecular weight is 471 g/mol. The van der Waals surface area contributed by atoms with Gasteiger partial charge in [0.15, 0.2) is 11.5 Å². The Morgan fingerprint density at radius 2 is 1.97 bits per heavy atom. The summed E-state index contributed by atoms with van der Waals surface area (Å²) in [5.41, 5.74) is 5.72. The zero-order valence-corrected chi connectivity index (χ0v) is 19.1. The fourth-order valence-electron chi connectivity index (χ4n) is 3.98. The molecule has 8 nitrogen and oxygen atoms in total. The number of thiophene rings is 1. The van der Waals surface area contributed by atoms with Crippen molar-refractivity contribution in [3.8, 4) is 33.9 Å². The largest absolute Gasteiger partial charge is 0.382 e. The highest BCUT2D eigenvalue weighted by molar-refractivity contribution is 7.08. The molecule has 0 saturated carbocycles. The molecule has 0 aliphatic heterocycles. The number of nitrogens with zero attached hydrogens (tertiary/aromatic N) is 5. The van der Waals surface area contributed by atoms with E-state index in [1.54, 1.807) is 29.9 Å². The van der Waals surface area contributed by atoms with Crippen LogP contribution in [-0.4, -0.2) is 41.2 Å². The molecule has 0 fully saturated rings. The van der Waals surface area contributed by atoms with Crippen molar-refractivity contribution in [1.82, 2.24) is 35.1 Å². The lowest BCUT2D eigenvalue weighted by molar-refractivity contribution is 0.642. The Hall–Kier alpha value is -4.18. The van der Waals surface area contributed by atoms with Crippen molar-refractivity contribution in [2.45, 2.75) is 19.9 Å². The summed E-state index contributed by atoms with van der Waals surface area (Å²) in [6, 6.07) is 5.93. The summed E-state index contributed by atoms with van der Waals surface area (Å²) in [4.78, 5) is 21.2. The van der Waals surface area contributed by atoms with E-state index in [-0.39, 0.29) is 11.4 Å². The third-order valence-corrected chi connectivity index (χ3v) is 6.13. The lowest BCUT2D eigenvalue weighted by atomic mass is 10.1. The summed E-state index contributed by atoms with van der Waals surface area (Å²) in [5, 5.41) is 14.7. The highest BCUT2D eigenvalue weighted by Gasteiger charge is 2.21. The first-order chi connectivity index (χ1) is 16.6. The van der Waals surface area contributed by atoms with E-state index < -0.39 is 5.82 Å². The number of fused-ring (bicyclic) bond motifs is 2. The Kier molecular flexibility index (Phi) is 4.80. The van der Waals surface area contributed by atoms with Crippen LogP contribution >= 0.6 is 11.3 Å². The van der Waals surface area contributed by atoms with Crippen molar-refractivity contribution in [2.24, 2.45) is 0 Å². The third kappa shape index (κ3) is 3.39. The van der Waals surface area contributed by atoms with Crippen molar-refractivity contribution >= 4 is 39.1 Å². The van der Waals surface area contributed by atoms with E-state index in [4.69, 9.17) is 4.98 Å². The van der Waals surface area contributed by atoms with Crippen LogP contribution in [0.4, 0.5) is 10.1 Å². The summed E-state index contributed by atoms with van der Waals surface area (Å²) >= 11 is 1.59. The number of anilines is 1. The van der Waals surface area contributed by atoms with Gasteiger partial charge < -0.3 is 10.3 Å². The zero-order valence-electron chi connectivity index (χ0n) is 18.3. The quantitative estimate of drug-likeness (QED) is 0.301. The summed E-state index contributed by atoms with van der Waals surface area (Å²) < 4.78 is 15.9. The first-order valence-electron chi connectivity index (χ1n) is 10.7. The number of imidazole rings is 1. The Balaban J connectivity index is 1.50. The number of rotatable bonds is 5. The van der Waals surface area contributed by atoms with Gasteiger partial charge in [-0.3, -0.25) is 15.1 Å². The van der Waals surface area contributed by atoms with Gasteiger partial charge in [-0.05, 0) is 37.4 Å². The predicted octanol–water partition coefficient (Wildman–Crippen LogP) is 5.65. The first kappa shape index (κ1) is 20.4.